The molecule has 2 heterocycles. The van der Waals surface area contributed by atoms with Crippen molar-refractivity contribution in [3.63, 3.8) is 0 Å². The third-order valence-corrected chi connectivity index (χ3v) is 10.6. The van der Waals surface area contributed by atoms with Gasteiger partial charge in [-0.15, -0.1) is 5.10 Å². The summed E-state index contributed by atoms with van der Waals surface area (Å²) in [7, 11) is 0. The second-order valence-electron chi connectivity index (χ2n) is 13.8. The lowest BCUT2D eigenvalue weighted by atomic mass is 9.77. The maximum absolute atomic E-state index is 15.7. The number of nitrogens with zero attached hydrogens (tertiary/aromatic N) is 5. The molecule has 1 aromatic heterocycles. The summed E-state index contributed by atoms with van der Waals surface area (Å²) in [5.74, 6) is -1.33. The first-order valence-electron chi connectivity index (χ1n) is 18.2. The molecule has 1 fully saturated rings. The molecular weight excluding hydrogens is 697 g/mol. The van der Waals surface area contributed by atoms with E-state index in [0.29, 0.717) is 23.9 Å². The largest absolute Gasteiger partial charge is 0.465 e. The van der Waals surface area contributed by atoms with Crippen molar-refractivity contribution in [2.45, 2.75) is 31.0 Å². The second kappa shape index (κ2) is 15.0. The number of piperidine rings is 1. The highest BCUT2D eigenvalue weighted by Crippen LogP contribution is 2.42. The smallest absolute Gasteiger partial charge is 0.407 e. The van der Waals surface area contributed by atoms with Gasteiger partial charge in [0.1, 0.15) is 22.7 Å². The molecule has 0 spiro atoms. The molecule has 1 saturated heterocycles. The van der Waals surface area contributed by atoms with Gasteiger partial charge in [-0.25, -0.2) is 18.3 Å². The highest BCUT2D eigenvalue weighted by molar-refractivity contribution is 5.94. The fourth-order valence-electron chi connectivity index (χ4n) is 7.81. The standard InChI is InChI=1S/C45H37F2N5O3/c46-38-20-16-31(17-21-38)43(53)51(39-24-26-50(27-25-39)44(54)55)30-34-28-32(18-22-40(34)47)33-19-23-42-41(29-33)48-49-52(42)45(35-10-4-1-5-11-35,36-12-6-2-7-13-36)37-14-8-3-9-15-37/h1-23,28-29,39H,24-27,30H2,(H,54,55). The fourth-order valence-corrected chi connectivity index (χ4v) is 7.81. The minimum absolute atomic E-state index is 0.0558. The van der Waals surface area contributed by atoms with Crippen molar-refractivity contribution in [1.29, 1.82) is 0 Å². The van der Waals surface area contributed by atoms with Crippen molar-refractivity contribution in [2.75, 3.05) is 13.1 Å². The topological polar surface area (TPSA) is 91.6 Å². The number of carbonyl (C=O) groups excluding carboxylic acids is 1. The van der Waals surface area contributed by atoms with Gasteiger partial charge in [0.25, 0.3) is 5.91 Å². The van der Waals surface area contributed by atoms with Crippen LogP contribution in [0, 0.1) is 11.6 Å². The number of amides is 2. The van der Waals surface area contributed by atoms with Gasteiger partial charge >= 0.3 is 6.09 Å². The van der Waals surface area contributed by atoms with Gasteiger partial charge in [0.15, 0.2) is 0 Å². The van der Waals surface area contributed by atoms with Crippen LogP contribution in [0.1, 0.15) is 45.5 Å². The van der Waals surface area contributed by atoms with E-state index in [0.717, 1.165) is 33.3 Å². The van der Waals surface area contributed by atoms with Gasteiger partial charge in [-0.1, -0.05) is 108 Å². The van der Waals surface area contributed by atoms with Gasteiger partial charge in [0.2, 0.25) is 0 Å². The Morgan fingerprint density at radius 1 is 0.709 bits per heavy atom. The molecule has 10 heteroatoms. The first kappa shape index (κ1) is 35.4. The Morgan fingerprint density at radius 3 is 1.82 bits per heavy atom. The van der Waals surface area contributed by atoms with Gasteiger partial charge in [-0.05, 0) is 89.2 Å². The summed E-state index contributed by atoms with van der Waals surface area (Å²) in [5, 5.41) is 19.0. The van der Waals surface area contributed by atoms with Crippen molar-refractivity contribution in [2.24, 2.45) is 0 Å². The Balaban J connectivity index is 1.18. The molecule has 0 atom stereocenters. The lowest BCUT2D eigenvalue weighted by Crippen LogP contribution is -2.48. The molecule has 274 valence electrons. The number of likely N-dealkylation sites (tertiary alicyclic amines) is 1. The third kappa shape index (κ3) is 6.71. The van der Waals surface area contributed by atoms with Crippen LogP contribution in [0.2, 0.25) is 0 Å². The zero-order valence-electron chi connectivity index (χ0n) is 29.8. The summed E-state index contributed by atoms with van der Waals surface area (Å²) in [6.07, 6.45) is -0.233. The summed E-state index contributed by atoms with van der Waals surface area (Å²) in [4.78, 5) is 28.4. The molecule has 6 aromatic carbocycles. The number of hydrogen-bond donors (Lipinski definition) is 1. The van der Waals surface area contributed by atoms with Gasteiger partial charge in [0, 0.05) is 36.8 Å². The van der Waals surface area contributed by atoms with E-state index in [1.54, 1.807) is 17.0 Å². The average molecular weight is 734 g/mol. The summed E-state index contributed by atoms with van der Waals surface area (Å²) in [6, 6.07) is 46.3. The number of benzene rings is 6. The van der Waals surface area contributed by atoms with Gasteiger partial charge in [-0.2, -0.15) is 0 Å². The number of carbonyl (C=O) groups is 2. The van der Waals surface area contributed by atoms with Gasteiger partial charge in [-0.3, -0.25) is 4.79 Å². The number of aromatic nitrogens is 3. The predicted octanol–water partition coefficient (Wildman–Crippen LogP) is 9.00. The van der Waals surface area contributed by atoms with E-state index in [9.17, 15) is 19.1 Å². The normalized spacial score (nSPS) is 13.5. The zero-order valence-corrected chi connectivity index (χ0v) is 29.8. The summed E-state index contributed by atoms with van der Waals surface area (Å²) in [6.45, 7) is 0.437. The Morgan fingerprint density at radius 2 is 1.25 bits per heavy atom. The molecular formula is C45H37F2N5O3. The summed E-state index contributed by atoms with van der Waals surface area (Å²) >= 11 is 0. The molecule has 7 aromatic rings. The minimum atomic E-state index is -1.02. The number of rotatable bonds is 9. The molecule has 0 saturated carbocycles. The molecule has 8 nitrogen and oxygen atoms in total. The van der Waals surface area contributed by atoms with E-state index in [4.69, 9.17) is 10.3 Å². The van der Waals surface area contributed by atoms with Crippen molar-refractivity contribution in [1.82, 2.24) is 24.8 Å². The predicted molar refractivity (Wildman–Crippen MR) is 206 cm³/mol. The van der Waals surface area contributed by atoms with Crippen molar-refractivity contribution in [3.8, 4) is 11.1 Å². The second-order valence-corrected chi connectivity index (χ2v) is 13.8. The molecule has 8 rings (SSSR count). The van der Waals surface area contributed by atoms with E-state index in [2.05, 4.69) is 36.4 Å². The Bertz CT molecular complexity index is 2350. The van der Waals surface area contributed by atoms with Crippen LogP contribution in [0.25, 0.3) is 22.2 Å². The molecule has 0 bridgehead atoms. The first-order valence-corrected chi connectivity index (χ1v) is 18.2. The van der Waals surface area contributed by atoms with Crippen LogP contribution < -0.4 is 0 Å². The third-order valence-electron chi connectivity index (χ3n) is 10.6. The Kier molecular flexibility index (Phi) is 9.63. The lowest BCUT2D eigenvalue weighted by molar-refractivity contribution is 0.0548. The highest BCUT2D eigenvalue weighted by Gasteiger charge is 2.41. The van der Waals surface area contributed by atoms with Crippen LogP contribution in [-0.4, -0.2) is 61.0 Å². The molecule has 1 aliphatic heterocycles. The van der Waals surface area contributed by atoms with Crippen molar-refractivity contribution >= 4 is 23.0 Å². The molecule has 0 radical (unpaired) electrons. The number of halogens is 2. The number of carboxylic acid groups (broad SMARTS) is 1. The van der Waals surface area contributed by atoms with Gasteiger partial charge < -0.3 is 14.9 Å². The molecule has 1 aliphatic rings. The Labute approximate surface area is 316 Å². The monoisotopic (exact) mass is 733 g/mol. The number of fused-ring (bicyclic) bond motifs is 1. The van der Waals surface area contributed by atoms with E-state index in [1.165, 1.54) is 35.2 Å². The maximum Gasteiger partial charge on any atom is 0.407 e. The molecule has 0 unspecified atom stereocenters. The molecule has 55 heavy (non-hydrogen) atoms. The van der Waals surface area contributed by atoms with Gasteiger partial charge in [0.05, 0.1) is 5.52 Å². The van der Waals surface area contributed by atoms with Crippen molar-refractivity contribution < 1.29 is 23.5 Å². The van der Waals surface area contributed by atoms with Crippen molar-refractivity contribution in [3.05, 3.63) is 191 Å². The fraction of sp³-hybridized carbons (Fsp3) is 0.156. The quantitative estimate of drug-likeness (QED) is 0.150. The molecule has 2 amide bonds. The van der Waals surface area contributed by atoms with Crippen LogP contribution in [-0.2, 0) is 12.1 Å². The minimum Gasteiger partial charge on any atom is -0.465 e. The zero-order chi connectivity index (χ0) is 37.9. The first-order chi connectivity index (χ1) is 26.8. The average Bonchev–Trinajstić information content (AvgIpc) is 3.66. The SMILES string of the molecule is O=C(O)N1CCC(N(Cc2cc(-c3ccc4c(c3)nnn4C(c3ccccc3)(c3ccccc3)c3ccccc3)ccc2F)C(=O)c2ccc(F)cc2)CC1. The lowest BCUT2D eigenvalue weighted by Gasteiger charge is -2.38. The van der Waals surface area contributed by atoms with Crippen LogP contribution in [0.4, 0.5) is 13.6 Å². The van der Waals surface area contributed by atoms with Crippen LogP contribution in [0.15, 0.2) is 152 Å². The summed E-state index contributed by atoms with van der Waals surface area (Å²) in [5.41, 5.74) is 5.71. The molecule has 0 aliphatic carbocycles. The molecule has 1 N–H and O–H groups in total. The van der Waals surface area contributed by atoms with E-state index in [-0.39, 0.29) is 37.1 Å². The maximum atomic E-state index is 15.7. The van der Waals surface area contributed by atoms with Crippen LogP contribution in [0.3, 0.4) is 0 Å². The van der Waals surface area contributed by atoms with E-state index in [1.807, 2.05) is 77.5 Å². The number of hydrogen-bond acceptors (Lipinski definition) is 4. The highest BCUT2D eigenvalue weighted by atomic mass is 19.1. The van der Waals surface area contributed by atoms with E-state index < -0.39 is 23.3 Å². The van der Waals surface area contributed by atoms with Crippen LogP contribution in [0.5, 0.6) is 0 Å². The van der Waals surface area contributed by atoms with Crippen LogP contribution >= 0.6 is 0 Å². The summed E-state index contributed by atoms with van der Waals surface area (Å²) < 4.78 is 31.4. The van der Waals surface area contributed by atoms with E-state index >= 15 is 4.39 Å². The Hall–Kier alpha value is -6.68.